The van der Waals surface area contributed by atoms with E-state index < -0.39 is 5.97 Å². The Hall–Kier alpha value is -1.87. The molecule has 0 fully saturated rings. The van der Waals surface area contributed by atoms with Gasteiger partial charge in [-0.05, 0) is 13.8 Å². The van der Waals surface area contributed by atoms with Crippen LogP contribution in [0, 0.1) is 0 Å². The summed E-state index contributed by atoms with van der Waals surface area (Å²) < 4.78 is 1.48. The number of thioether (sulfide) groups is 1. The highest BCUT2D eigenvalue weighted by molar-refractivity contribution is 7.99. The number of carboxylic acid groups (broad SMARTS) is 1. The zero-order valence-corrected chi connectivity index (χ0v) is 15.1. The average Bonchev–Trinajstić information content (AvgIpc) is 2.95. The Kier molecular flexibility index (Phi) is 6.38. The lowest BCUT2D eigenvalue weighted by Gasteiger charge is -2.26. The number of aliphatic carboxylic acids is 1. The predicted molar refractivity (Wildman–Crippen MR) is 94.6 cm³/mol. The normalized spacial score (nSPS) is 11.1. The van der Waals surface area contributed by atoms with Gasteiger partial charge in [0.1, 0.15) is 0 Å². The molecule has 1 N–H and O–H groups in total. The Bertz CT molecular complexity index is 784. The number of carboxylic acids is 1. The molecule has 9 heteroatoms. The molecule has 0 bridgehead atoms. The summed E-state index contributed by atoms with van der Waals surface area (Å²) in [6.45, 7) is 3.92. The van der Waals surface area contributed by atoms with Crippen molar-refractivity contribution in [2.75, 3.05) is 12.3 Å². The summed E-state index contributed by atoms with van der Waals surface area (Å²) in [4.78, 5) is 41.4. The molecule has 0 spiro atoms. The Morgan fingerprint density at radius 1 is 1.46 bits per heavy atom. The van der Waals surface area contributed by atoms with Crippen LogP contribution < -0.4 is 5.56 Å². The van der Waals surface area contributed by atoms with E-state index in [2.05, 4.69) is 4.98 Å². The molecule has 0 saturated heterocycles. The summed E-state index contributed by atoms with van der Waals surface area (Å²) in [6, 6.07) is 1.42. The molecule has 130 valence electrons. The van der Waals surface area contributed by atoms with Gasteiger partial charge >= 0.3 is 5.97 Å². The van der Waals surface area contributed by atoms with Gasteiger partial charge in [-0.2, -0.15) is 0 Å². The number of thiazole rings is 1. The number of hydrogen-bond donors (Lipinski definition) is 1. The molecule has 2 heterocycles. The fourth-order valence-corrected chi connectivity index (χ4v) is 3.71. The van der Waals surface area contributed by atoms with Gasteiger partial charge < -0.3 is 10.0 Å². The Morgan fingerprint density at radius 3 is 2.88 bits per heavy atom. The smallest absolute Gasteiger partial charge is 0.305 e. The lowest BCUT2D eigenvalue weighted by molar-refractivity contribution is -0.138. The van der Waals surface area contributed by atoms with Crippen LogP contribution in [0.3, 0.4) is 0 Å². The molecule has 1 amide bonds. The molecule has 0 radical (unpaired) electrons. The molecule has 7 nitrogen and oxygen atoms in total. The zero-order chi connectivity index (χ0) is 17.7. The van der Waals surface area contributed by atoms with Crippen LogP contribution >= 0.6 is 23.1 Å². The second-order valence-corrected chi connectivity index (χ2v) is 7.32. The molecule has 0 aliphatic rings. The van der Waals surface area contributed by atoms with Crippen molar-refractivity contribution in [3.05, 3.63) is 33.7 Å². The molecule has 2 aromatic rings. The number of hydrogen-bond acceptors (Lipinski definition) is 6. The number of fused-ring (bicyclic) bond motifs is 1. The first-order valence-electron chi connectivity index (χ1n) is 7.43. The van der Waals surface area contributed by atoms with Crippen LogP contribution in [-0.4, -0.2) is 49.6 Å². The van der Waals surface area contributed by atoms with Crippen molar-refractivity contribution in [1.82, 2.24) is 14.3 Å². The van der Waals surface area contributed by atoms with Crippen molar-refractivity contribution in [2.24, 2.45) is 0 Å². The lowest BCUT2D eigenvalue weighted by atomic mass is 10.3. The third-order valence-electron chi connectivity index (χ3n) is 3.34. The fraction of sp³-hybridized carbons (Fsp3) is 0.467. The maximum Gasteiger partial charge on any atom is 0.305 e. The van der Waals surface area contributed by atoms with E-state index in [0.29, 0.717) is 16.4 Å². The Morgan fingerprint density at radius 2 is 2.21 bits per heavy atom. The third-order valence-corrected chi connectivity index (χ3v) is 5.05. The van der Waals surface area contributed by atoms with E-state index in [1.54, 1.807) is 16.5 Å². The van der Waals surface area contributed by atoms with Gasteiger partial charge in [0.15, 0.2) is 4.96 Å². The van der Waals surface area contributed by atoms with E-state index in [1.807, 2.05) is 13.8 Å². The van der Waals surface area contributed by atoms with E-state index >= 15 is 0 Å². The summed E-state index contributed by atoms with van der Waals surface area (Å²) >= 11 is 2.75. The summed E-state index contributed by atoms with van der Waals surface area (Å²) in [5, 5.41) is 10.6. The molecule has 0 saturated carbocycles. The van der Waals surface area contributed by atoms with Crippen molar-refractivity contribution in [3.63, 3.8) is 0 Å². The maximum absolute atomic E-state index is 12.3. The van der Waals surface area contributed by atoms with Crippen molar-refractivity contribution in [2.45, 2.75) is 32.1 Å². The monoisotopic (exact) mass is 369 g/mol. The number of amides is 1. The molecule has 0 atom stereocenters. The summed E-state index contributed by atoms with van der Waals surface area (Å²) in [7, 11) is 0. The summed E-state index contributed by atoms with van der Waals surface area (Å²) in [5.74, 6) is -0.344. The van der Waals surface area contributed by atoms with Gasteiger partial charge in [-0.1, -0.05) is 0 Å². The Labute approximate surface area is 147 Å². The highest BCUT2D eigenvalue weighted by Gasteiger charge is 2.18. The molecule has 0 aliphatic heterocycles. The van der Waals surface area contributed by atoms with E-state index in [4.69, 9.17) is 5.11 Å². The summed E-state index contributed by atoms with van der Waals surface area (Å²) in [6.07, 6.45) is 1.61. The van der Waals surface area contributed by atoms with Crippen LogP contribution in [0.5, 0.6) is 0 Å². The van der Waals surface area contributed by atoms with Crippen LogP contribution in [0.1, 0.15) is 26.0 Å². The topological polar surface area (TPSA) is 92.0 Å². The molecule has 2 aromatic heterocycles. The number of nitrogens with zero attached hydrogens (tertiary/aromatic N) is 3. The number of carbonyl (C=O) groups is 2. The van der Waals surface area contributed by atoms with Gasteiger partial charge in [-0.15, -0.1) is 23.1 Å². The molecule has 0 aliphatic carbocycles. The fourth-order valence-electron chi connectivity index (χ4n) is 2.17. The minimum atomic E-state index is -0.921. The molecular formula is C15H19N3O4S2. The van der Waals surface area contributed by atoms with Gasteiger partial charge in [-0.3, -0.25) is 18.8 Å². The van der Waals surface area contributed by atoms with Gasteiger partial charge in [0, 0.05) is 36.0 Å². The van der Waals surface area contributed by atoms with Crippen molar-refractivity contribution < 1.29 is 14.7 Å². The van der Waals surface area contributed by atoms with Crippen molar-refractivity contribution in [3.8, 4) is 0 Å². The first-order chi connectivity index (χ1) is 11.4. The van der Waals surface area contributed by atoms with Crippen LogP contribution in [0.4, 0.5) is 0 Å². The molecular weight excluding hydrogens is 350 g/mol. The maximum atomic E-state index is 12.3. The standard InChI is InChI=1S/C15H19N3O4S2/c1-10(2)17(4-3-14(21)22)13(20)9-23-8-11-7-12(19)18-5-6-24-15(18)16-11/h5-7,10H,3-4,8-9H2,1-2H3,(H,21,22). The highest BCUT2D eigenvalue weighted by atomic mass is 32.2. The largest absolute Gasteiger partial charge is 0.481 e. The van der Waals surface area contributed by atoms with E-state index in [9.17, 15) is 14.4 Å². The first kappa shape index (κ1) is 18.5. The number of rotatable bonds is 8. The van der Waals surface area contributed by atoms with Gasteiger partial charge in [0.05, 0.1) is 17.9 Å². The molecule has 2 rings (SSSR count). The highest BCUT2D eigenvalue weighted by Crippen LogP contribution is 2.14. The predicted octanol–water partition coefficient (Wildman–Crippen LogP) is 1.70. The summed E-state index contributed by atoms with van der Waals surface area (Å²) in [5.41, 5.74) is 0.510. The average molecular weight is 369 g/mol. The van der Waals surface area contributed by atoms with E-state index in [0.717, 1.165) is 0 Å². The van der Waals surface area contributed by atoms with Gasteiger partial charge in [-0.25, -0.2) is 4.98 Å². The second kappa shape index (κ2) is 8.29. The molecule has 0 aromatic carbocycles. The van der Waals surface area contributed by atoms with Crippen molar-refractivity contribution in [1.29, 1.82) is 0 Å². The minimum Gasteiger partial charge on any atom is -0.481 e. The third kappa shape index (κ3) is 4.81. The van der Waals surface area contributed by atoms with E-state index in [-0.39, 0.29) is 36.2 Å². The van der Waals surface area contributed by atoms with Crippen LogP contribution in [0.25, 0.3) is 4.96 Å². The van der Waals surface area contributed by atoms with Crippen LogP contribution in [0.2, 0.25) is 0 Å². The quantitative estimate of drug-likeness (QED) is 0.761. The molecule has 24 heavy (non-hydrogen) atoms. The van der Waals surface area contributed by atoms with Gasteiger partial charge in [0.25, 0.3) is 5.56 Å². The zero-order valence-electron chi connectivity index (χ0n) is 13.5. The van der Waals surface area contributed by atoms with Crippen LogP contribution in [0.15, 0.2) is 22.4 Å². The number of carbonyl (C=O) groups excluding carboxylic acids is 1. The first-order valence-corrected chi connectivity index (χ1v) is 9.46. The Balaban J connectivity index is 1.92. The number of aromatic nitrogens is 2. The van der Waals surface area contributed by atoms with Gasteiger partial charge in [0.2, 0.25) is 5.91 Å². The lowest BCUT2D eigenvalue weighted by Crippen LogP contribution is -2.39. The minimum absolute atomic E-state index is 0.0531. The second-order valence-electron chi connectivity index (χ2n) is 5.46. The SMILES string of the molecule is CC(C)N(CCC(=O)O)C(=O)CSCc1cc(=O)n2ccsc2n1. The van der Waals surface area contributed by atoms with E-state index in [1.165, 1.54) is 33.6 Å². The molecule has 0 unspecified atom stereocenters. The van der Waals surface area contributed by atoms with Crippen molar-refractivity contribution >= 4 is 39.9 Å². The van der Waals surface area contributed by atoms with Crippen LogP contribution in [-0.2, 0) is 15.3 Å².